The second kappa shape index (κ2) is 10.2. The summed E-state index contributed by atoms with van der Waals surface area (Å²) < 4.78 is 0. The Morgan fingerprint density at radius 1 is 1.44 bits per heavy atom. The van der Waals surface area contributed by atoms with Crippen LogP contribution in [0.3, 0.4) is 0 Å². The predicted octanol–water partition coefficient (Wildman–Crippen LogP) is -1.49. The Morgan fingerprint density at radius 3 is 1.44 bits per heavy atom. The van der Waals surface area contributed by atoms with Crippen molar-refractivity contribution in [3.63, 3.8) is 0 Å². The summed E-state index contributed by atoms with van der Waals surface area (Å²) in [6.07, 6.45) is 0. The van der Waals surface area contributed by atoms with Gasteiger partial charge in [0.1, 0.15) is 0 Å². The number of nitrogens with zero attached hydrogens (tertiary/aromatic N) is 1. The van der Waals surface area contributed by atoms with Crippen LogP contribution in [-0.4, -0.2) is 11.1 Å². The Labute approximate surface area is 60.5 Å². The van der Waals surface area contributed by atoms with Crippen LogP contribution in [0.4, 0.5) is 0 Å². The molecule has 0 aliphatic heterocycles. The van der Waals surface area contributed by atoms with Crippen LogP contribution in [0.25, 0.3) is 0 Å². The van der Waals surface area contributed by atoms with Crippen LogP contribution in [0.1, 0.15) is 6.92 Å². The molecule has 0 aromatic rings. The fourth-order valence-electron chi connectivity index (χ4n) is 0. The average molecular weight is 180 g/mol. The van der Waals surface area contributed by atoms with Gasteiger partial charge in [-0.2, -0.15) is 0 Å². The Balaban J connectivity index is -0.0000000720. The summed E-state index contributed by atoms with van der Waals surface area (Å²) in [6.45, 7) is 0.972. The largest absolute Gasteiger partial charge is 2.00 e. The second-order valence-corrected chi connectivity index (χ2v) is 0.715. The van der Waals surface area contributed by atoms with Crippen LogP contribution in [0, 0.1) is 15.3 Å². The van der Waals surface area contributed by atoms with Crippen molar-refractivity contribution in [1.29, 1.82) is 0 Å². The van der Waals surface area contributed by atoms with Crippen molar-refractivity contribution in [2.24, 2.45) is 0 Å². The van der Waals surface area contributed by atoms with E-state index in [9.17, 15) is 0 Å². The Bertz CT molecular complexity index is 73.0. The average Bonchev–Trinajstić information content (AvgIpc) is 1.25. The first kappa shape index (κ1) is 15.7. The summed E-state index contributed by atoms with van der Waals surface area (Å²) in [4.78, 5) is 17.1. The normalized spacial score (nSPS) is 5.44. The molecule has 56 valence electrons. The summed E-state index contributed by atoms with van der Waals surface area (Å²) in [5.74, 6) is -1.08. The molecule has 0 fully saturated rings. The van der Waals surface area contributed by atoms with Gasteiger partial charge in [0, 0.05) is 5.97 Å². The van der Waals surface area contributed by atoms with E-state index in [1.807, 2.05) is 0 Å². The van der Waals surface area contributed by atoms with Crippen molar-refractivity contribution < 1.29 is 31.5 Å². The number of rotatable bonds is 0. The molecule has 0 spiro atoms. The van der Waals surface area contributed by atoms with Gasteiger partial charge in [0.15, 0.2) is 0 Å². The molecule has 0 aromatic heterocycles. The van der Waals surface area contributed by atoms with Gasteiger partial charge in [0.25, 0.3) is 0 Å². The van der Waals surface area contributed by atoms with Gasteiger partial charge in [-0.3, -0.25) is 0 Å². The SMILES string of the molecule is CC(=O)[O-].O=[N+]([O-])[O-].[Ni+2]. The molecular formula is C2H3NNiO5. The molecule has 0 amide bonds. The fraction of sp³-hybridized carbons (Fsp3) is 0.500. The van der Waals surface area contributed by atoms with E-state index >= 15 is 0 Å². The Kier molecular flexibility index (Phi) is 17.8. The van der Waals surface area contributed by atoms with Gasteiger partial charge < -0.3 is 25.2 Å². The quantitative estimate of drug-likeness (QED) is 0.256. The van der Waals surface area contributed by atoms with Crippen molar-refractivity contribution in [3.8, 4) is 0 Å². The number of aliphatic carboxylic acids is 1. The van der Waals surface area contributed by atoms with E-state index in [-0.39, 0.29) is 16.5 Å². The number of carboxylic acid groups (broad SMARTS) is 1. The zero-order valence-corrected chi connectivity index (χ0v) is 5.29. The molecule has 0 saturated heterocycles. The smallest absolute Gasteiger partial charge is 0.550 e. The number of hydrogen-bond donors (Lipinski definition) is 0. The van der Waals surface area contributed by atoms with E-state index in [1.54, 1.807) is 0 Å². The summed E-state index contributed by atoms with van der Waals surface area (Å²) in [5.41, 5.74) is 0. The van der Waals surface area contributed by atoms with E-state index in [4.69, 9.17) is 25.2 Å². The van der Waals surface area contributed by atoms with E-state index in [2.05, 4.69) is 0 Å². The Hall–Kier alpha value is -0.836. The molecule has 6 nitrogen and oxygen atoms in total. The molecule has 0 heterocycles. The van der Waals surface area contributed by atoms with Crippen LogP contribution < -0.4 is 5.11 Å². The molecule has 0 aliphatic carbocycles. The topological polar surface area (TPSA) is 106 Å². The van der Waals surface area contributed by atoms with E-state index in [0.29, 0.717) is 0 Å². The van der Waals surface area contributed by atoms with Crippen LogP contribution >= 0.6 is 0 Å². The van der Waals surface area contributed by atoms with Crippen molar-refractivity contribution in [2.75, 3.05) is 0 Å². The first-order chi connectivity index (χ1) is 3.46. The molecule has 0 aliphatic rings. The van der Waals surface area contributed by atoms with E-state index < -0.39 is 11.1 Å². The van der Waals surface area contributed by atoms with E-state index in [0.717, 1.165) is 6.92 Å². The molecule has 0 unspecified atom stereocenters. The third-order valence-corrected chi connectivity index (χ3v) is 0. The molecular weight excluding hydrogens is 177 g/mol. The predicted molar refractivity (Wildman–Crippen MR) is 21.0 cm³/mol. The van der Waals surface area contributed by atoms with Gasteiger partial charge in [-0.05, 0) is 6.92 Å². The number of carbonyl (C=O) groups is 1. The maximum absolute atomic E-state index is 8.89. The zero-order chi connectivity index (χ0) is 7.15. The number of carboxylic acids is 1. The summed E-state index contributed by atoms with van der Waals surface area (Å²) in [7, 11) is 0. The third kappa shape index (κ3) is 273. The third-order valence-electron chi connectivity index (χ3n) is 0. The van der Waals surface area contributed by atoms with Gasteiger partial charge in [-0.15, -0.1) is 0 Å². The summed E-state index contributed by atoms with van der Waals surface area (Å²) in [6, 6.07) is 0. The standard InChI is InChI=1S/C2H4O2.NO3.Ni/c1-2(3)4;2-1(3)4;/h1H3,(H,3,4);;/q;-1;+2/p-1. The molecule has 0 aromatic carbocycles. The summed E-state index contributed by atoms with van der Waals surface area (Å²) >= 11 is 0. The molecule has 0 rings (SSSR count). The molecule has 7 heteroatoms. The van der Waals surface area contributed by atoms with Crippen molar-refractivity contribution >= 4 is 5.97 Å². The van der Waals surface area contributed by atoms with Gasteiger partial charge in [0.05, 0.1) is 5.09 Å². The zero-order valence-electron chi connectivity index (χ0n) is 4.30. The molecule has 0 N–H and O–H groups in total. The minimum atomic E-state index is -1.75. The van der Waals surface area contributed by atoms with Gasteiger partial charge in [-0.25, -0.2) is 0 Å². The van der Waals surface area contributed by atoms with Gasteiger partial charge in [-0.1, -0.05) is 0 Å². The first-order valence-electron chi connectivity index (χ1n) is 1.46. The van der Waals surface area contributed by atoms with Crippen molar-refractivity contribution in [3.05, 3.63) is 15.3 Å². The van der Waals surface area contributed by atoms with Crippen molar-refractivity contribution in [1.82, 2.24) is 0 Å². The maximum atomic E-state index is 8.89. The monoisotopic (exact) mass is 179 g/mol. The molecule has 0 bridgehead atoms. The Morgan fingerprint density at radius 2 is 1.44 bits per heavy atom. The van der Waals surface area contributed by atoms with Gasteiger partial charge in [0.2, 0.25) is 0 Å². The van der Waals surface area contributed by atoms with Crippen molar-refractivity contribution in [2.45, 2.75) is 6.92 Å². The van der Waals surface area contributed by atoms with Gasteiger partial charge >= 0.3 is 16.5 Å². The summed E-state index contributed by atoms with van der Waals surface area (Å²) in [5, 5.41) is 23.6. The van der Waals surface area contributed by atoms with Crippen LogP contribution in [0.5, 0.6) is 0 Å². The fourth-order valence-corrected chi connectivity index (χ4v) is 0. The molecule has 0 atom stereocenters. The number of hydrogen-bond acceptors (Lipinski definition) is 5. The maximum Gasteiger partial charge on any atom is 2.00 e. The van der Waals surface area contributed by atoms with E-state index in [1.165, 1.54) is 0 Å². The molecule has 9 heavy (non-hydrogen) atoms. The molecule has 0 saturated carbocycles. The minimum absolute atomic E-state index is 0. The van der Waals surface area contributed by atoms with Crippen LogP contribution in [-0.2, 0) is 21.3 Å². The van der Waals surface area contributed by atoms with Crippen LogP contribution in [0.15, 0.2) is 0 Å². The van der Waals surface area contributed by atoms with Crippen LogP contribution in [0.2, 0.25) is 0 Å². The first-order valence-corrected chi connectivity index (χ1v) is 1.46. The molecule has 0 radical (unpaired) electrons. The second-order valence-electron chi connectivity index (χ2n) is 0.715. The number of carbonyl (C=O) groups excluding carboxylic acids is 1. The minimum Gasteiger partial charge on any atom is -0.550 e.